The maximum atomic E-state index is 12.3. The van der Waals surface area contributed by atoms with Crippen LogP contribution in [0.15, 0.2) is 35.1 Å². The van der Waals surface area contributed by atoms with E-state index in [9.17, 15) is 9.59 Å². The third-order valence-electron chi connectivity index (χ3n) is 5.16. The third-order valence-corrected chi connectivity index (χ3v) is 5.16. The molecule has 1 aromatic carbocycles. The van der Waals surface area contributed by atoms with Gasteiger partial charge in [0.25, 0.3) is 5.56 Å². The molecule has 0 aliphatic carbocycles. The molecule has 0 unspecified atom stereocenters. The normalized spacial score (nSPS) is 11.1. The molecule has 1 amide bonds. The van der Waals surface area contributed by atoms with Crippen LogP contribution in [0, 0.1) is 20.8 Å². The summed E-state index contributed by atoms with van der Waals surface area (Å²) in [5.74, 6) is -0.0567. The SMILES string of the molecule is CCc1[nH]c2c(CNC(=O)CCn3c(C)cccc3=O)cc(C)cc2c1C. The lowest BCUT2D eigenvalue weighted by molar-refractivity contribution is -0.121. The standard InChI is InChI=1S/C22H27N3O2/c1-5-19-16(4)18-12-14(2)11-17(22(18)24-19)13-23-20(26)9-10-25-15(3)7-6-8-21(25)27/h6-8,11-12,24H,5,9-10,13H2,1-4H3,(H,23,26). The van der Waals surface area contributed by atoms with Crippen molar-refractivity contribution in [3.63, 3.8) is 0 Å². The second-order valence-corrected chi connectivity index (χ2v) is 7.11. The minimum absolute atomic E-state index is 0.0567. The van der Waals surface area contributed by atoms with E-state index in [0.717, 1.165) is 23.2 Å². The molecule has 0 saturated heterocycles. The van der Waals surface area contributed by atoms with Gasteiger partial charge in [-0.15, -0.1) is 0 Å². The Morgan fingerprint density at radius 3 is 2.67 bits per heavy atom. The van der Waals surface area contributed by atoms with Gasteiger partial charge in [-0.25, -0.2) is 0 Å². The molecule has 2 heterocycles. The van der Waals surface area contributed by atoms with Crippen molar-refractivity contribution in [2.45, 2.75) is 53.6 Å². The summed E-state index contributed by atoms with van der Waals surface area (Å²) in [6.07, 6.45) is 1.24. The number of pyridine rings is 1. The number of nitrogens with zero attached hydrogens (tertiary/aromatic N) is 1. The average molecular weight is 365 g/mol. The van der Waals surface area contributed by atoms with E-state index in [-0.39, 0.29) is 17.9 Å². The average Bonchev–Trinajstić information content (AvgIpc) is 2.95. The van der Waals surface area contributed by atoms with Crippen LogP contribution in [0.1, 0.15) is 41.4 Å². The summed E-state index contributed by atoms with van der Waals surface area (Å²) in [6, 6.07) is 9.44. The van der Waals surface area contributed by atoms with E-state index in [1.807, 2.05) is 13.0 Å². The Hall–Kier alpha value is -2.82. The van der Waals surface area contributed by atoms with Gasteiger partial charge < -0.3 is 14.9 Å². The summed E-state index contributed by atoms with van der Waals surface area (Å²) in [7, 11) is 0. The first-order valence-electron chi connectivity index (χ1n) is 9.44. The van der Waals surface area contributed by atoms with Crippen molar-refractivity contribution in [1.82, 2.24) is 14.9 Å². The molecule has 142 valence electrons. The Morgan fingerprint density at radius 2 is 1.96 bits per heavy atom. The van der Waals surface area contributed by atoms with Gasteiger partial charge in [0.1, 0.15) is 0 Å². The van der Waals surface area contributed by atoms with E-state index >= 15 is 0 Å². The Morgan fingerprint density at radius 1 is 1.19 bits per heavy atom. The van der Waals surface area contributed by atoms with E-state index in [1.54, 1.807) is 10.6 Å². The van der Waals surface area contributed by atoms with E-state index in [2.05, 4.69) is 43.2 Å². The molecule has 0 atom stereocenters. The van der Waals surface area contributed by atoms with Gasteiger partial charge in [-0.05, 0) is 50.5 Å². The number of benzene rings is 1. The largest absolute Gasteiger partial charge is 0.358 e. The predicted molar refractivity (Wildman–Crippen MR) is 109 cm³/mol. The monoisotopic (exact) mass is 365 g/mol. The number of nitrogens with one attached hydrogen (secondary N) is 2. The highest BCUT2D eigenvalue weighted by molar-refractivity contribution is 5.88. The smallest absolute Gasteiger partial charge is 0.250 e. The molecule has 3 rings (SSSR count). The summed E-state index contributed by atoms with van der Waals surface area (Å²) < 4.78 is 1.63. The number of H-pyrrole nitrogens is 1. The molecular formula is C22H27N3O2. The van der Waals surface area contributed by atoms with Crippen LogP contribution in [0.4, 0.5) is 0 Å². The van der Waals surface area contributed by atoms with E-state index < -0.39 is 0 Å². The van der Waals surface area contributed by atoms with Gasteiger partial charge in [0, 0.05) is 42.4 Å². The summed E-state index contributed by atoms with van der Waals surface area (Å²) in [5, 5.41) is 4.22. The molecular weight excluding hydrogens is 338 g/mol. The Labute approximate surface area is 159 Å². The quantitative estimate of drug-likeness (QED) is 0.702. The molecule has 0 radical (unpaired) electrons. The van der Waals surface area contributed by atoms with Crippen molar-refractivity contribution in [2.75, 3.05) is 0 Å². The third kappa shape index (κ3) is 3.97. The second-order valence-electron chi connectivity index (χ2n) is 7.11. The highest BCUT2D eigenvalue weighted by Gasteiger charge is 2.12. The summed E-state index contributed by atoms with van der Waals surface area (Å²) in [4.78, 5) is 27.7. The molecule has 27 heavy (non-hydrogen) atoms. The van der Waals surface area contributed by atoms with Crippen LogP contribution < -0.4 is 10.9 Å². The zero-order chi connectivity index (χ0) is 19.6. The Bertz CT molecular complexity index is 1040. The second kappa shape index (κ2) is 7.82. The molecule has 0 saturated carbocycles. The number of aromatic nitrogens is 2. The molecule has 5 nitrogen and oxygen atoms in total. The van der Waals surface area contributed by atoms with Crippen molar-refractivity contribution in [1.29, 1.82) is 0 Å². The van der Waals surface area contributed by atoms with Gasteiger partial charge in [-0.1, -0.05) is 24.6 Å². The molecule has 5 heteroatoms. The van der Waals surface area contributed by atoms with Crippen molar-refractivity contribution in [2.24, 2.45) is 0 Å². The van der Waals surface area contributed by atoms with E-state index in [4.69, 9.17) is 0 Å². The number of hydrogen-bond donors (Lipinski definition) is 2. The highest BCUT2D eigenvalue weighted by atomic mass is 16.1. The number of carbonyl (C=O) groups excluding carboxylic acids is 1. The van der Waals surface area contributed by atoms with E-state index in [1.165, 1.54) is 28.3 Å². The first-order valence-corrected chi connectivity index (χ1v) is 9.44. The lowest BCUT2D eigenvalue weighted by atomic mass is 10.0. The topological polar surface area (TPSA) is 66.9 Å². The number of aryl methyl sites for hydroxylation is 4. The number of amides is 1. The summed E-state index contributed by atoms with van der Waals surface area (Å²) in [6.45, 7) is 9.10. The first kappa shape index (κ1) is 19.0. The van der Waals surface area contributed by atoms with Crippen LogP contribution >= 0.6 is 0 Å². The molecule has 0 bridgehead atoms. The number of aromatic amines is 1. The highest BCUT2D eigenvalue weighted by Crippen LogP contribution is 2.26. The molecule has 0 fully saturated rings. The lowest BCUT2D eigenvalue weighted by Gasteiger charge is -2.11. The zero-order valence-corrected chi connectivity index (χ0v) is 16.5. The van der Waals surface area contributed by atoms with Crippen LogP contribution in [-0.4, -0.2) is 15.5 Å². The van der Waals surface area contributed by atoms with Gasteiger partial charge in [0.05, 0.1) is 5.52 Å². The van der Waals surface area contributed by atoms with E-state index in [0.29, 0.717) is 13.1 Å². The lowest BCUT2D eigenvalue weighted by Crippen LogP contribution is -2.27. The Balaban J connectivity index is 1.71. The number of hydrogen-bond acceptors (Lipinski definition) is 2. The van der Waals surface area contributed by atoms with Gasteiger partial charge >= 0.3 is 0 Å². The van der Waals surface area contributed by atoms with Crippen LogP contribution in [0.3, 0.4) is 0 Å². The minimum atomic E-state index is -0.0721. The van der Waals surface area contributed by atoms with Crippen LogP contribution in [0.5, 0.6) is 0 Å². The van der Waals surface area contributed by atoms with Gasteiger partial charge in [-0.3, -0.25) is 9.59 Å². The molecule has 2 N–H and O–H groups in total. The number of carbonyl (C=O) groups is 1. The number of fused-ring (bicyclic) bond motifs is 1. The fraction of sp³-hybridized carbons (Fsp3) is 0.364. The number of rotatable bonds is 6. The molecule has 0 aliphatic heterocycles. The Kier molecular flexibility index (Phi) is 5.49. The van der Waals surface area contributed by atoms with Crippen molar-refractivity contribution >= 4 is 16.8 Å². The fourth-order valence-electron chi connectivity index (χ4n) is 3.61. The summed E-state index contributed by atoms with van der Waals surface area (Å²) in [5.41, 5.74) is 6.69. The van der Waals surface area contributed by atoms with Crippen molar-refractivity contribution < 1.29 is 4.79 Å². The van der Waals surface area contributed by atoms with Crippen LogP contribution in [-0.2, 0) is 24.3 Å². The molecule has 0 spiro atoms. The maximum absolute atomic E-state index is 12.3. The van der Waals surface area contributed by atoms with Gasteiger partial charge in [0.2, 0.25) is 5.91 Å². The molecule has 3 aromatic rings. The summed E-state index contributed by atoms with van der Waals surface area (Å²) >= 11 is 0. The van der Waals surface area contributed by atoms with Crippen LogP contribution in [0.25, 0.3) is 10.9 Å². The fourth-order valence-corrected chi connectivity index (χ4v) is 3.61. The molecule has 2 aromatic heterocycles. The predicted octanol–water partition coefficient (Wildman–Crippen LogP) is 3.52. The molecule has 0 aliphatic rings. The maximum Gasteiger partial charge on any atom is 0.250 e. The van der Waals surface area contributed by atoms with Crippen molar-refractivity contribution in [3.05, 3.63) is 68.8 Å². The van der Waals surface area contributed by atoms with Crippen LogP contribution in [0.2, 0.25) is 0 Å². The minimum Gasteiger partial charge on any atom is -0.358 e. The van der Waals surface area contributed by atoms with Gasteiger partial charge in [0.15, 0.2) is 0 Å². The zero-order valence-electron chi connectivity index (χ0n) is 16.5. The van der Waals surface area contributed by atoms with Crippen molar-refractivity contribution in [3.8, 4) is 0 Å². The van der Waals surface area contributed by atoms with Gasteiger partial charge in [-0.2, -0.15) is 0 Å². The first-order chi connectivity index (χ1) is 12.9.